The normalized spacial score (nSPS) is 14.5. The summed E-state index contributed by atoms with van der Waals surface area (Å²) < 4.78 is 13.8. The molecule has 1 heterocycles. The second-order valence-corrected chi connectivity index (χ2v) is 5.08. The van der Waals surface area contributed by atoms with Crippen molar-refractivity contribution in [3.8, 4) is 0 Å². The molecule has 2 aromatic rings. The van der Waals surface area contributed by atoms with Gasteiger partial charge in [0.25, 0.3) is 0 Å². The number of para-hydroxylation sites is 1. The second kappa shape index (κ2) is 4.78. The van der Waals surface area contributed by atoms with E-state index in [0.29, 0.717) is 22.6 Å². The van der Waals surface area contributed by atoms with E-state index in [0.717, 1.165) is 18.7 Å². The van der Waals surface area contributed by atoms with Crippen molar-refractivity contribution >= 4 is 23.1 Å². The molecule has 1 aliphatic carbocycles. The molecule has 0 atom stereocenters. The van der Waals surface area contributed by atoms with Gasteiger partial charge < -0.3 is 4.90 Å². The Kier molecular flexibility index (Phi) is 3.11. The fourth-order valence-corrected chi connectivity index (χ4v) is 2.15. The molecule has 0 aliphatic heterocycles. The number of benzene rings is 1. The molecule has 1 aromatic carbocycles. The van der Waals surface area contributed by atoms with E-state index in [1.807, 2.05) is 0 Å². The molecule has 5 heteroatoms. The number of hydrogen-bond donors (Lipinski definition) is 0. The quantitative estimate of drug-likeness (QED) is 0.797. The molecule has 0 saturated heterocycles. The number of halogens is 2. The van der Waals surface area contributed by atoms with E-state index in [1.165, 1.54) is 6.07 Å². The molecule has 1 aromatic heterocycles. The first kappa shape index (κ1) is 12.4. The van der Waals surface area contributed by atoms with Crippen LogP contribution in [0.4, 0.5) is 15.9 Å². The molecule has 0 N–H and O–H groups in total. The molecule has 0 amide bonds. The van der Waals surface area contributed by atoms with E-state index in [9.17, 15) is 4.39 Å². The second-order valence-electron chi connectivity index (χ2n) is 4.69. The lowest BCUT2D eigenvalue weighted by Gasteiger charge is -2.19. The van der Waals surface area contributed by atoms with Crippen LogP contribution in [-0.4, -0.2) is 17.0 Å². The maximum atomic E-state index is 13.8. The van der Waals surface area contributed by atoms with Crippen molar-refractivity contribution in [3.05, 3.63) is 47.1 Å². The Morgan fingerprint density at radius 1 is 1.26 bits per heavy atom. The smallest absolute Gasteiger partial charge is 0.146 e. The van der Waals surface area contributed by atoms with Crippen LogP contribution in [0.5, 0.6) is 0 Å². The Hall–Kier alpha value is -1.68. The van der Waals surface area contributed by atoms with E-state index in [4.69, 9.17) is 11.6 Å². The fraction of sp³-hybridized carbons (Fsp3) is 0.286. The standard InChI is InChI=1S/C14H13ClFN3/c1-19(11-5-3-2-4-10(11)16)13-8-12(15)17-14(18-13)9-6-7-9/h2-5,8-9H,6-7H2,1H3. The van der Waals surface area contributed by atoms with E-state index in [2.05, 4.69) is 9.97 Å². The summed E-state index contributed by atoms with van der Waals surface area (Å²) in [6.45, 7) is 0. The van der Waals surface area contributed by atoms with Crippen molar-refractivity contribution < 1.29 is 4.39 Å². The molecule has 98 valence electrons. The Morgan fingerprint density at radius 3 is 2.68 bits per heavy atom. The van der Waals surface area contributed by atoms with Gasteiger partial charge in [0.2, 0.25) is 0 Å². The highest BCUT2D eigenvalue weighted by molar-refractivity contribution is 6.29. The van der Waals surface area contributed by atoms with Gasteiger partial charge in [0, 0.05) is 19.0 Å². The SMILES string of the molecule is CN(c1cc(Cl)nc(C2CC2)n1)c1ccccc1F. The highest BCUT2D eigenvalue weighted by atomic mass is 35.5. The first-order valence-corrected chi connectivity index (χ1v) is 6.55. The number of hydrogen-bond acceptors (Lipinski definition) is 3. The molecule has 1 fully saturated rings. The number of anilines is 2. The minimum absolute atomic E-state index is 0.285. The van der Waals surface area contributed by atoms with Crippen LogP contribution in [0.2, 0.25) is 5.15 Å². The highest BCUT2D eigenvalue weighted by Crippen LogP contribution is 2.39. The maximum absolute atomic E-state index is 13.8. The van der Waals surface area contributed by atoms with Crippen LogP contribution in [0, 0.1) is 5.82 Å². The van der Waals surface area contributed by atoms with Gasteiger partial charge in [-0.1, -0.05) is 23.7 Å². The summed E-state index contributed by atoms with van der Waals surface area (Å²) in [5.41, 5.74) is 0.471. The van der Waals surface area contributed by atoms with E-state index in [-0.39, 0.29) is 5.82 Å². The largest absolute Gasteiger partial charge is 0.327 e. The minimum Gasteiger partial charge on any atom is -0.327 e. The molecule has 1 saturated carbocycles. The topological polar surface area (TPSA) is 29.0 Å². The van der Waals surface area contributed by atoms with Crippen LogP contribution < -0.4 is 4.90 Å². The van der Waals surface area contributed by atoms with Gasteiger partial charge in [-0.15, -0.1) is 0 Å². The zero-order chi connectivity index (χ0) is 13.4. The molecular weight excluding hydrogens is 265 g/mol. The van der Waals surface area contributed by atoms with Gasteiger partial charge >= 0.3 is 0 Å². The summed E-state index contributed by atoms with van der Waals surface area (Å²) >= 11 is 6.02. The predicted octanol–water partition coefficient (Wildman–Crippen LogP) is 3.91. The zero-order valence-corrected chi connectivity index (χ0v) is 11.2. The van der Waals surface area contributed by atoms with E-state index >= 15 is 0 Å². The number of nitrogens with zero attached hydrogens (tertiary/aromatic N) is 3. The molecule has 3 nitrogen and oxygen atoms in total. The van der Waals surface area contributed by atoms with Crippen molar-refractivity contribution in [2.75, 3.05) is 11.9 Å². The summed E-state index contributed by atoms with van der Waals surface area (Å²) in [5.74, 6) is 1.50. The van der Waals surface area contributed by atoms with Gasteiger partial charge in [0.15, 0.2) is 0 Å². The summed E-state index contributed by atoms with van der Waals surface area (Å²) in [5, 5.41) is 0.398. The average Bonchev–Trinajstić information content (AvgIpc) is 3.22. The maximum Gasteiger partial charge on any atom is 0.146 e. The van der Waals surface area contributed by atoms with Crippen molar-refractivity contribution in [1.29, 1.82) is 0 Å². The molecule has 3 rings (SSSR count). The Bertz CT molecular complexity index is 613. The first-order chi connectivity index (χ1) is 9.15. The van der Waals surface area contributed by atoms with Crippen molar-refractivity contribution in [1.82, 2.24) is 9.97 Å². The molecule has 0 radical (unpaired) electrons. The predicted molar refractivity (Wildman–Crippen MR) is 73.5 cm³/mol. The van der Waals surface area contributed by atoms with Gasteiger partial charge in [-0.2, -0.15) is 0 Å². The monoisotopic (exact) mass is 277 g/mol. The number of aromatic nitrogens is 2. The number of rotatable bonds is 3. The molecular formula is C14H13ClFN3. The van der Waals surface area contributed by atoms with Crippen LogP contribution in [0.1, 0.15) is 24.6 Å². The van der Waals surface area contributed by atoms with Crippen molar-refractivity contribution in [2.24, 2.45) is 0 Å². The van der Waals surface area contributed by atoms with E-state index < -0.39 is 0 Å². The van der Waals surface area contributed by atoms with Crippen LogP contribution in [0.15, 0.2) is 30.3 Å². The lowest BCUT2D eigenvalue weighted by molar-refractivity contribution is 0.627. The lowest BCUT2D eigenvalue weighted by Crippen LogP contribution is -2.14. The van der Waals surface area contributed by atoms with Gasteiger partial charge in [-0.25, -0.2) is 14.4 Å². The van der Waals surface area contributed by atoms with Crippen molar-refractivity contribution in [3.63, 3.8) is 0 Å². The molecule has 0 spiro atoms. The Balaban J connectivity index is 1.99. The lowest BCUT2D eigenvalue weighted by atomic mass is 10.3. The third kappa shape index (κ3) is 2.54. The van der Waals surface area contributed by atoms with Gasteiger partial charge in [0.05, 0.1) is 5.69 Å². The van der Waals surface area contributed by atoms with Crippen LogP contribution >= 0.6 is 11.6 Å². The first-order valence-electron chi connectivity index (χ1n) is 6.18. The zero-order valence-electron chi connectivity index (χ0n) is 10.5. The molecule has 19 heavy (non-hydrogen) atoms. The highest BCUT2D eigenvalue weighted by Gasteiger charge is 2.27. The molecule has 1 aliphatic rings. The van der Waals surface area contributed by atoms with Gasteiger partial charge in [-0.05, 0) is 25.0 Å². The van der Waals surface area contributed by atoms with Crippen LogP contribution in [0.25, 0.3) is 0 Å². The van der Waals surface area contributed by atoms with Crippen LogP contribution in [0.3, 0.4) is 0 Å². The molecule has 0 unspecified atom stereocenters. The summed E-state index contributed by atoms with van der Waals surface area (Å²) in [4.78, 5) is 10.4. The van der Waals surface area contributed by atoms with E-state index in [1.54, 1.807) is 36.2 Å². The Labute approximate surface area is 116 Å². The summed E-state index contributed by atoms with van der Waals surface area (Å²) in [6.07, 6.45) is 2.20. The summed E-state index contributed by atoms with van der Waals surface area (Å²) in [7, 11) is 1.77. The summed E-state index contributed by atoms with van der Waals surface area (Å²) in [6, 6.07) is 8.24. The third-order valence-electron chi connectivity index (χ3n) is 3.20. The minimum atomic E-state index is -0.285. The van der Waals surface area contributed by atoms with Crippen LogP contribution in [-0.2, 0) is 0 Å². The average molecular weight is 278 g/mol. The fourth-order valence-electron chi connectivity index (χ4n) is 1.97. The van der Waals surface area contributed by atoms with Crippen molar-refractivity contribution in [2.45, 2.75) is 18.8 Å². The Morgan fingerprint density at radius 2 is 2.00 bits per heavy atom. The third-order valence-corrected chi connectivity index (χ3v) is 3.39. The van der Waals surface area contributed by atoms with Gasteiger partial charge in [0.1, 0.15) is 22.6 Å². The molecule has 0 bridgehead atoms. The van der Waals surface area contributed by atoms with Gasteiger partial charge in [-0.3, -0.25) is 0 Å².